The number of nitrogens with zero attached hydrogens (tertiary/aromatic N) is 4. The summed E-state index contributed by atoms with van der Waals surface area (Å²) in [6.07, 6.45) is 3.25. The number of hydrogen-bond acceptors (Lipinski definition) is 6. The number of aromatic nitrogens is 1. The molecule has 0 saturated carbocycles. The van der Waals surface area contributed by atoms with Gasteiger partial charge < -0.3 is 14.6 Å². The molecular formula is C18H21N5O2. The van der Waals surface area contributed by atoms with Crippen molar-refractivity contribution in [1.82, 2.24) is 15.2 Å². The largest absolute Gasteiger partial charge is 0.467 e. The van der Waals surface area contributed by atoms with Gasteiger partial charge >= 0.3 is 0 Å². The molecule has 3 heterocycles. The van der Waals surface area contributed by atoms with Crippen LogP contribution in [-0.4, -0.2) is 48.0 Å². The number of nitriles is 1. The molecule has 1 N–H and O–H groups in total. The quantitative estimate of drug-likeness (QED) is 0.886. The van der Waals surface area contributed by atoms with Crippen molar-refractivity contribution >= 4 is 11.7 Å². The lowest BCUT2D eigenvalue weighted by molar-refractivity contribution is -0.126. The van der Waals surface area contributed by atoms with Gasteiger partial charge in [-0.3, -0.25) is 9.69 Å². The molecule has 130 valence electrons. The number of amides is 1. The minimum atomic E-state index is -0.199. The van der Waals surface area contributed by atoms with E-state index in [1.807, 2.05) is 13.0 Å². The van der Waals surface area contributed by atoms with Gasteiger partial charge in [0.2, 0.25) is 5.91 Å². The van der Waals surface area contributed by atoms with Gasteiger partial charge in [0.1, 0.15) is 11.6 Å². The van der Waals surface area contributed by atoms with E-state index in [1.54, 1.807) is 30.7 Å². The van der Waals surface area contributed by atoms with Crippen LogP contribution < -0.4 is 10.2 Å². The minimum absolute atomic E-state index is 0.00514. The summed E-state index contributed by atoms with van der Waals surface area (Å²) in [5.41, 5.74) is 0.609. The molecule has 3 rings (SSSR count). The van der Waals surface area contributed by atoms with Crippen LogP contribution in [-0.2, 0) is 11.3 Å². The molecule has 0 aromatic carbocycles. The molecule has 0 bridgehead atoms. The third-order valence-electron chi connectivity index (χ3n) is 4.46. The third-order valence-corrected chi connectivity index (χ3v) is 4.46. The fourth-order valence-electron chi connectivity index (χ4n) is 2.90. The summed E-state index contributed by atoms with van der Waals surface area (Å²) in [4.78, 5) is 21.0. The average Bonchev–Trinajstić information content (AvgIpc) is 3.19. The highest BCUT2D eigenvalue weighted by Gasteiger charge is 2.26. The van der Waals surface area contributed by atoms with Crippen molar-refractivity contribution in [3.8, 4) is 6.07 Å². The SMILES string of the molecule is CC(C(=O)NCc1ccco1)N1CCN(c2cc(C#N)ccn2)CC1. The van der Waals surface area contributed by atoms with Gasteiger partial charge in [-0.2, -0.15) is 5.26 Å². The van der Waals surface area contributed by atoms with Crippen molar-refractivity contribution in [3.05, 3.63) is 48.0 Å². The monoisotopic (exact) mass is 339 g/mol. The molecule has 1 fully saturated rings. The Morgan fingerprint density at radius 1 is 1.40 bits per heavy atom. The van der Waals surface area contributed by atoms with E-state index in [4.69, 9.17) is 9.68 Å². The van der Waals surface area contributed by atoms with Crippen molar-refractivity contribution in [3.63, 3.8) is 0 Å². The minimum Gasteiger partial charge on any atom is -0.467 e. The first-order valence-electron chi connectivity index (χ1n) is 8.32. The highest BCUT2D eigenvalue weighted by atomic mass is 16.3. The Morgan fingerprint density at radius 2 is 2.20 bits per heavy atom. The third kappa shape index (κ3) is 4.17. The molecule has 2 aromatic rings. The second-order valence-corrected chi connectivity index (χ2v) is 6.01. The van der Waals surface area contributed by atoms with E-state index in [9.17, 15) is 4.79 Å². The van der Waals surface area contributed by atoms with Gasteiger partial charge in [-0.15, -0.1) is 0 Å². The van der Waals surface area contributed by atoms with E-state index in [0.29, 0.717) is 12.1 Å². The van der Waals surface area contributed by atoms with Crippen molar-refractivity contribution in [2.24, 2.45) is 0 Å². The summed E-state index contributed by atoms with van der Waals surface area (Å²) in [6.45, 7) is 5.42. The van der Waals surface area contributed by atoms with E-state index in [1.165, 1.54) is 0 Å². The van der Waals surface area contributed by atoms with Crippen LogP contribution in [0.5, 0.6) is 0 Å². The number of nitrogens with one attached hydrogen (secondary N) is 1. The molecule has 1 saturated heterocycles. The first-order valence-corrected chi connectivity index (χ1v) is 8.32. The van der Waals surface area contributed by atoms with Crippen LogP contribution in [0.4, 0.5) is 5.82 Å². The number of carbonyl (C=O) groups excluding carboxylic acids is 1. The fourth-order valence-corrected chi connectivity index (χ4v) is 2.90. The van der Waals surface area contributed by atoms with Gasteiger partial charge in [-0.05, 0) is 31.2 Å². The molecule has 0 spiro atoms. The summed E-state index contributed by atoms with van der Waals surface area (Å²) in [6, 6.07) is 9.08. The van der Waals surface area contributed by atoms with E-state index in [2.05, 4.69) is 26.2 Å². The number of rotatable bonds is 5. The van der Waals surface area contributed by atoms with Gasteiger partial charge in [0.05, 0.1) is 30.5 Å². The predicted molar refractivity (Wildman–Crippen MR) is 92.8 cm³/mol. The van der Waals surface area contributed by atoms with Crippen LogP contribution in [0.1, 0.15) is 18.2 Å². The molecule has 0 radical (unpaired) electrons. The maximum Gasteiger partial charge on any atom is 0.237 e. The summed E-state index contributed by atoms with van der Waals surface area (Å²) in [5.74, 6) is 1.55. The van der Waals surface area contributed by atoms with Crippen LogP contribution in [0.25, 0.3) is 0 Å². The molecule has 1 aliphatic rings. The van der Waals surface area contributed by atoms with Crippen LogP contribution >= 0.6 is 0 Å². The number of piperazine rings is 1. The van der Waals surface area contributed by atoms with E-state index in [0.717, 1.165) is 37.8 Å². The van der Waals surface area contributed by atoms with Crippen LogP contribution in [0, 0.1) is 11.3 Å². The Kier molecular flexibility index (Phi) is 5.31. The van der Waals surface area contributed by atoms with Crippen LogP contribution in [0.15, 0.2) is 41.1 Å². The molecular weight excluding hydrogens is 318 g/mol. The number of furan rings is 1. The fraction of sp³-hybridized carbons (Fsp3) is 0.389. The topological polar surface area (TPSA) is 85.4 Å². The second kappa shape index (κ2) is 7.81. The van der Waals surface area contributed by atoms with Crippen molar-refractivity contribution < 1.29 is 9.21 Å². The molecule has 0 aliphatic carbocycles. The highest BCUT2D eigenvalue weighted by Crippen LogP contribution is 2.16. The lowest BCUT2D eigenvalue weighted by Crippen LogP contribution is -2.54. The summed E-state index contributed by atoms with van der Waals surface area (Å²) in [7, 11) is 0. The van der Waals surface area contributed by atoms with E-state index in [-0.39, 0.29) is 11.9 Å². The lowest BCUT2D eigenvalue weighted by Gasteiger charge is -2.37. The molecule has 1 atom stereocenters. The lowest BCUT2D eigenvalue weighted by atomic mass is 10.2. The van der Waals surface area contributed by atoms with E-state index < -0.39 is 0 Å². The Labute approximate surface area is 146 Å². The van der Waals surface area contributed by atoms with Gasteiger partial charge in [0.15, 0.2) is 0 Å². The van der Waals surface area contributed by atoms with Crippen LogP contribution in [0.2, 0.25) is 0 Å². The number of pyridine rings is 1. The zero-order valence-corrected chi connectivity index (χ0v) is 14.2. The first kappa shape index (κ1) is 17.0. The van der Waals surface area contributed by atoms with Gasteiger partial charge in [0.25, 0.3) is 0 Å². The predicted octanol–water partition coefficient (Wildman–Crippen LogP) is 1.37. The Hall–Kier alpha value is -2.85. The maximum absolute atomic E-state index is 12.3. The van der Waals surface area contributed by atoms with Crippen molar-refractivity contribution in [2.75, 3.05) is 31.1 Å². The number of hydrogen-bond donors (Lipinski definition) is 1. The highest BCUT2D eigenvalue weighted by molar-refractivity contribution is 5.81. The number of anilines is 1. The van der Waals surface area contributed by atoms with Gasteiger partial charge in [0, 0.05) is 32.4 Å². The smallest absolute Gasteiger partial charge is 0.237 e. The van der Waals surface area contributed by atoms with Gasteiger partial charge in [-0.25, -0.2) is 4.98 Å². The molecule has 1 amide bonds. The van der Waals surface area contributed by atoms with E-state index >= 15 is 0 Å². The Bertz CT molecular complexity index is 745. The average molecular weight is 339 g/mol. The zero-order chi connectivity index (χ0) is 17.6. The normalized spacial score (nSPS) is 16.2. The number of carbonyl (C=O) groups is 1. The first-order chi connectivity index (χ1) is 12.2. The van der Waals surface area contributed by atoms with Crippen molar-refractivity contribution in [2.45, 2.75) is 19.5 Å². The standard InChI is InChI=1S/C18H21N5O2/c1-14(18(24)21-13-16-3-2-10-25-16)22-6-8-23(9-7-22)17-11-15(12-19)4-5-20-17/h2-5,10-11,14H,6-9,13H2,1H3,(H,21,24). The summed E-state index contributed by atoms with van der Waals surface area (Å²) >= 11 is 0. The second-order valence-electron chi connectivity index (χ2n) is 6.01. The zero-order valence-electron chi connectivity index (χ0n) is 14.2. The molecule has 1 aliphatic heterocycles. The Balaban J connectivity index is 1.50. The van der Waals surface area contributed by atoms with Crippen LogP contribution in [0.3, 0.4) is 0 Å². The molecule has 7 heteroatoms. The molecule has 1 unspecified atom stereocenters. The summed E-state index contributed by atoms with van der Waals surface area (Å²) in [5, 5.41) is 11.9. The van der Waals surface area contributed by atoms with Gasteiger partial charge in [-0.1, -0.05) is 0 Å². The molecule has 2 aromatic heterocycles. The summed E-state index contributed by atoms with van der Waals surface area (Å²) < 4.78 is 5.23. The molecule has 7 nitrogen and oxygen atoms in total. The Morgan fingerprint density at radius 3 is 2.88 bits per heavy atom. The molecule has 25 heavy (non-hydrogen) atoms. The van der Waals surface area contributed by atoms with Crippen molar-refractivity contribution in [1.29, 1.82) is 5.26 Å². The maximum atomic E-state index is 12.3.